The van der Waals surface area contributed by atoms with Crippen LogP contribution in [0, 0.1) is 5.92 Å². The van der Waals surface area contributed by atoms with Crippen LogP contribution in [0.4, 0.5) is 0 Å². The minimum Gasteiger partial charge on any atom is -0.312 e. The Bertz CT molecular complexity index is 906. The van der Waals surface area contributed by atoms with Crippen molar-refractivity contribution in [1.29, 1.82) is 0 Å². The highest BCUT2D eigenvalue weighted by Gasteiger charge is 2.45. The summed E-state index contributed by atoms with van der Waals surface area (Å²) in [6.45, 7) is 2.18. The molecule has 2 aliphatic heterocycles. The number of rotatable bonds is 5. The minimum atomic E-state index is -3.36. The number of likely N-dealkylation sites (tertiary alicyclic amines) is 1. The molecule has 1 saturated heterocycles. The van der Waals surface area contributed by atoms with Crippen molar-refractivity contribution in [3.63, 3.8) is 0 Å². The van der Waals surface area contributed by atoms with Gasteiger partial charge in [0.1, 0.15) is 5.78 Å². The summed E-state index contributed by atoms with van der Waals surface area (Å²) in [5.74, 6) is 0.116. The molecule has 27 heavy (non-hydrogen) atoms. The third-order valence-corrected chi connectivity index (χ3v) is 8.00. The number of nitrogens with zero attached hydrogens (tertiary/aromatic N) is 2. The first-order valence-corrected chi connectivity index (χ1v) is 10.9. The molecule has 0 unspecified atom stereocenters. The van der Waals surface area contributed by atoms with E-state index in [0.717, 1.165) is 30.8 Å². The van der Waals surface area contributed by atoms with Gasteiger partial charge in [-0.15, -0.1) is 0 Å². The van der Waals surface area contributed by atoms with E-state index >= 15 is 0 Å². The van der Waals surface area contributed by atoms with Crippen LogP contribution in [0.2, 0.25) is 0 Å². The summed E-state index contributed by atoms with van der Waals surface area (Å²) in [6.07, 6.45) is 1.05. The molecule has 2 bridgehead atoms. The smallest absolute Gasteiger partial charge is 0.312 e. The molecule has 144 valence electrons. The molecule has 0 aliphatic carbocycles. The number of benzene rings is 1. The van der Waals surface area contributed by atoms with E-state index in [2.05, 4.69) is 4.90 Å². The van der Waals surface area contributed by atoms with Gasteiger partial charge in [-0.1, -0.05) is 36.4 Å². The number of pyridine rings is 1. The predicted molar refractivity (Wildman–Crippen MR) is 104 cm³/mol. The number of aromatic nitrogens is 1. The van der Waals surface area contributed by atoms with Crippen LogP contribution in [0.1, 0.15) is 29.4 Å². The average molecular weight is 388 g/mol. The topological polar surface area (TPSA) is 60.8 Å². The average Bonchev–Trinajstić information content (AvgIpc) is 2.69. The first kappa shape index (κ1) is 18.6. The fraction of sp³-hybridized carbons (Fsp3) is 0.450. The van der Waals surface area contributed by atoms with Crippen molar-refractivity contribution < 1.29 is 13.6 Å². The summed E-state index contributed by atoms with van der Waals surface area (Å²) in [5, 5.41) is 0. The van der Waals surface area contributed by atoms with Crippen LogP contribution in [0.15, 0.2) is 53.3 Å². The molecule has 3 heterocycles. The summed E-state index contributed by atoms with van der Waals surface area (Å²) in [4.78, 5) is 14.5. The van der Waals surface area contributed by atoms with Gasteiger partial charge in [-0.3, -0.25) is 14.3 Å². The normalized spacial score (nSPS) is 23.6. The number of fused-ring (bicyclic) bond motifs is 4. The van der Waals surface area contributed by atoms with E-state index in [-0.39, 0.29) is 11.5 Å². The molecule has 0 N–H and O–H groups in total. The Morgan fingerprint density at radius 1 is 1.00 bits per heavy atom. The second-order valence-corrected chi connectivity index (χ2v) is 9.64. The van der Waals surface area contributed by atoms with E-state index in [0.29, 0.717) is 12.5 Å². The summed E-state index contributed by atoms with van der Waals surface area (Å²) < 4.78 is 26.1. The Labute approximate surface area is 159 Å². The van der Waals surface area contributed by atoms with Crippen LogP contribution in [0.3, 0.4) is 0 Å². The fourth-order valence-electron chi connectivity index (χ4n) is 4.63. The summed E-state index contributed by atoms with van der Waals surface area (Å²) in [5.41, 5.74) is 2.06. The van der Waals surface area contributed by atoms with Crippen molar-refractivity contribution in [2.75, 3.05) is 27.3 Å². The molecule has 2 aromatic rings. The van der Waals surface area contributed by atoms with Gasteiger partial charge in [-0.05, 0) is 24.0 Å². The van der Waals surface area contributed by atoms with Crippen molar-refractivity contribution in [1.82, 2.24) is 9.47 Å². The van der Waals surface area contributed by atoms with Crippen LogP contribution >= 0.6 is 7.60 Å². The first-order chi connectivity index (χ1) is 13.1. The lowest BCUT2D eigenvalue weighted by atomic mass is 9.83. The van der Waals surface area contributed by atoms with Crippen LogP contribution in [-0.4, -0.2) is 36.8 Å². The highest BCUT2D eigenvalue weighted by molar-refractivity contribution is 7.54. The Morgan fingerprint density at radius 2 is 1.74 bits per heavy atom. The maximum atomic E-state index is 13.4. The van der Waals surface area contributed by atoms with Gasteiger partial charge in [-0.2, -0.15) is 0 Å². The van der Waals surface area contributed by atoms with Crippen molar-refractivity contribution >= 4 is 7.60 Å². The maximum Gasteiger partial charge on any atom is 0.351 e. The molecule has 2 aliphatic rings. The Balaban J connectivity index is 1.73. The Morgan fingerprint density at radius 3 is 2.44 bits per heavy atom. The Kier molecular flexibility index (Phi) is 5.08. The number of piperidine rings is 1. The quantitative estimate of drug-likeness (QED) is 0.735. The molecule has 0 saturated carbocycles. The molecular formula is C20H25N2O4P. The second-order valence-electron chi connectivity index (χ2n) is 7.34. The third kappa shape index (κ3) is 3.32. The highest BCUT2D eigenvalue weighted by atomic mass is 31.2. The molecule has 1 fully saturated rings. The van der Waals surface area contributed by atoms with Gasteiger partial charge in [-0.25, -0.2) is 0 Å². The monoisotopic (exact) mass is 388 g/mol. The van der Waals surface area contributed by atoms with Crippen LogP contribution in [0.5, 0.6) is 0 Å². The van der Waals surface area contributed by atoms with E-state index in [1.165, 1.54) is 14.2 Å². The van der Waals surface area contributed by atoms with Crippen LogP contribution in [0.25, 0.3) is 0 Å². The van der Waals surface area contributed by atoms with Crippen molar-refractivity contribution in [2.45, 2.75) is 24.7 Å². The summed E-state index contributed by atoms with van der Waals surface area (Å²) in [7, 11) is -0.469. The Hall–Kier alpha value is -1.72. The van der Waals surface area contributed by atoms with Gasteiger partial charge in [0.2, 0.25) is 0 Å². The van der Waals surface area contributed by atoms with Gasteiger partial charge >= 0.3 is 7.60 Å². The fourth-order valence-corrected chi connectivity index (χ4v) is 6.30. The SMILES string of the molecule is COP(=O)(OC)[C@H](c1ccccc1)N1C[C@H]2C[C@H](C1)c1cccc(=O)n1C2. The lowest BCUT2D eigenvalue weighted by Gasteiger charge is -2.46. The zero-order valence-electron chi connectivity index (χ0n) is 15.7. The molecule has 0 radical (unpaired) electrons. The minimum absolute atomic E-state index is 0.0646. The third-order valence-electron chi connectivity index (χ3n) is 5.76. The lowest BCUT2D eigenvalue weighted by molar-refractivity contribution is 0.0927. The van der Waals surface area contributed by atoms with Gasteiger partial charge in [0, 0.05) is 51.5 Å². The van der Waals surface area contributed by atoms with E-state index in [4.69, 9.17) is 9.05 Å². The molecule has 4 rings (SSSR count). The van der Waals surface area contributed by atoms with E-state index in [1.807, 2.05) is 47.0 Å². The van der Waals surface area contributed by atoms with Crippen molar-refractivity contribution in [2.24, 2.45) is 5.92 Å². The molecule has 1 aromatic heterocycles. The van der Waals surface area contributed by atoms with Crippen molar-refractivity contribution in [3.8, 4) is 0 Å². The summed E-state index contributed by atoms with van der Waals surface area (Å²) >= 11 is 0. The molecule has 7 heteroatoms. The van der Waals surface area contributed by atoms with Gasteiger partial charge in [0.25, 0.3) is 5.56 Å². The molecule has 1 aromatic carbocycles. The maximum absolute atomic E-state index is 13.4. The standard InChI is InChI=1S/C20H25N2O4P/c1-25-27(24,26-2)20(16-7-4-3-5-8-16)21-12-15-11-17(14-21)18-9-6-10-19(23)22(18)13-15/h3-10,15,17,20H,11-14H2,1-2H3/t15-,17-,20-/m1/s1. The molecule has 0 spiro atoms. The van der Waals surface area contributed by atoms with Crippen LogP contribution < -0.4 is 5.56 Å². The number of hydrogen-bond acceptors (Lipinski definition) is 5. The summed E-state index contributed by atoms with van der Waals surface area (Å²) in [6, 6.07) is 15.3. The van der Waals surface area contributed by atoms with Gasteiger partial charge in [0.05, 0.1) is 0 Å². The predicted octanol–water partition coefficient (Wildman–Crippen LogP) is 3.45. The zero-order chi connectivity index (χ0) is 19.0. The molecule has 6 nitrogen and oxygen atoms in total. The first-order valence-electron chi connectivity index (χ1n) is 9.25. The zero-order valence-corrected chi connectivity index (χ0v) is 16.5. The van der Waals surface area contributed by atoms with Crippen LogP contribution in [-0.2, 0) is 20.2 Å². The largest absolute Gasteiger partial charge is 0.351 e. The van der Waals surface area contributed by atoms with E-state index < -0.39 is 13.4 Å². The molecule has 3 atom stereocenters. The molecule has 0 amide bonds. The number of hydrogen-bond donors (Lipinski definition) is 0. The van der Waals surface area contributed by atoms with Gasteiger partial charge < -0.3 is 13.6 Å². The second kappa shape index (κ2) is 7.36. The van der Waals surface area contributed by atoms with E-state index in [1.54, 1.807) is 6.07 Å². The van der Waals surface area contributed by atoms with Crippen molar-refractivity contribution in [3.05, 3.63) is 70.1 Å². The van der Waals surface area contributed by atoms with Gasteiger partial charge in [0.15, 0.2) is 0 Å². The van der Waals surface area contributed by atoms with E-state index in [9.17, 15) is 9.36 Å². The highest BCUT2D eigenvalue weighted by Crippen LogP contribution is 2.62. The molecular weight excluding hydrogens is 363 g/mol. The lowest BCUT2D eigenvalue weighted by Crippen LogP contribution is -2.48.